The lowest BCUT2D eigenvalue weighted by molar-refractivity contribution is -0.150. The van der Waals surface area contributed by atoms with Gasteiger partial charge in [-0.1, -0.05) is 30.3 Å². The molecule has 1 aliphatic rings. The Hall–Kier alpha value is -1.00. The molecule has 0 saturated heterocycles. The maximum absolute atomic E-state index is 11.8. The Balaban J connectivity index is 1.98. The standard InChI is InChI=1S/C15H20O3S/c1-18-15(17)14-12(16)8-5-9-13(14)19-10-11-6-3-2-4-7-11/h2-4,6-7,12-14,16H,5,8-10H2,1H3/t12-,13-,14-/m1/s1. The highest BCUT2D eigenvalue weighted by Crippen LogP contribution is 2.36. The van der Waals surface area contributed by atoms with Gasteiger partial charge in [-0.2, -0.15) is 11.8 Å². The van der Waals surface area contributed by atoms with Gasteiger partial charge in [0.25, 0.3) is 0 Å². The molecule has 0 heterocycles. The number of carbonyl (C=O) groups excluding carboxylic acids is 1. The lowest BCUT2D eigenvalue weighted by Crippen LogP contribution is -2.40. The molecule has 1 aromatic rings. The van der Waals surface area contributed by atoms with Crippen molar-refractivity contribution in [3.05, 3.63) is 35.9 Å². The minimum absolute atomic E-state index is 0.149. The third kappa shape index (κ3) is 3.74. The monoisotopic (exact) mass is 280 g/mol. The summed E-state index contributed by atoms with van der Waals surface area (Å²) in [7, 11) is 1.39. The van der Waals surface area contributed by atoms with E-state index in [1.165, 1.54) is 12.7 Å². The molecule has 1 fully saturated rings. The zero-order valence-electron chi connectivity index (χ0n) is 11.1. The van der Waals surface area contributed by atoms with E-state index in [1.54, 1.807) is 11.8 Å². The number of benzene rings is 1. The highest BCUT2D eigenvalue weighted by molar-refractivity contribution is 7.99. The summed E-state index contributed by atoms with van der Waals surface area (Å²) in [6.45, 7) is 0. The van der Waals surface area contributed by atoms with Crippen LogP contribution in [0.5, 0.6) is 0 Å². The van der Waals surface area contributed by atoms with Gasteiger partial charge in [-0.05, 0) is 24.8 Å². The van der Waals surface area contributed by atoms with Gasteiger partial charge in [-0.25, -0.2) is 0 Å². The summed E-state index contributed by atoms with van der Waals surface area (Å²) in [4.78, 5) is 11.8. The van der Waals surface area contributed by atoms with E-state index >= 15 is 0 Å². The minimum atomic E-state index is -0.561. The Labute approximate surface area is 118 Å². The molecule has 1 aliphatic carbocycles. The Kier molecular flexibility index (Phi) is 5.28. The molecule has 0 aliphatic heterocycles. The van der Waals surface area contributed by atoms with Crippen LogP contribution in [-0.4, -0.2) is 29.5 Å². The van der Waals surface area contributed by atoms with Crippen LogP contribution in [0.4, 0.5) is 0 Å². The third-order valence-electron chi connectivity index (χ3n) is 3.58. The Morgan fingerprint density at radius 1 is 1.37 bits per heavy atom. The summed E-state index contributed by atoms with van der Waals surface area (Å²) >= 11 is 1.75. The number of aliphatic hydroxyl groups excluding tert-OH is 1. The van der Waals surface area contributed by atoms with Gasteiger partial charge in [0.2, 0.25) is 0 Å². The molecule has 1 N–H and O–H groups in total. The van der Waals surface area contributed by atoms with Crippen LogP contribution < -0.4 is 0 Å². The molecule has 1 aromatic carbocycles. The SMILES string of the molecule is COC(=O)[C@@H]1[C@H](O)CCC[C@H]1SCc1ccccc1. The first kappa shape index (κ1) is 14.4. The molecule has 0 bridgehead atoms. The zero-order valence-corrected chi connectivity index (χ0v) is 11.9. The average Bonchev–Trinajstić information content (AvgIpc) is 2.45. The molecular formula is C15H20O3S. The van der Waals surface area contributed by atoms with E-state index < -0.39 is 6.10 Å². The number of thioether (sulfide) groups is 1. The summed E-state index contributed by atoms with van der Waals surface area (Å²) in [5.74, 6) is 0.205. The number of rotatable bonds is 4. The normalized spacial score (nSPS) is 26.9. The number of ether oxygens (including phenoxy) is 1. The van der Waals surface area contributed by atoms with Crippen LogP contribution in [0, 0.1) is 5.92 Å². The Morgan fingerprint density at radius 3 is 2.79 bits per heavy atom. The highest BCUT2D eigenvalue weighted by Gasteiger charge is 2.38. The predicted molar refractivity (Wildman–Crippen MR) is 76.9 cm³/mol. The number of hydrogen-bond donors (Lipinski definition) is 1. The van der Waals surface area contributed by atoms with Crippen LogP contribution in [0.3, 0.4) is 0 Å². The van der Waals surface area contributed by atoms with Crippen molar-refractivity contribution in [2.45, 2.75) is 36.4 Å². The number of aliphatic hydroxyl groups is 1. The number of esters is 1. The fourth-order valence-electron chi connectivity index (χ4n) is 2.54. The van der Waals surface area contributed by atoms with Gasteiger partial charge >= 0.3 is 5.97 Å². The fraction of sp³-hybridized carbons (Fsp3) is 0.533. The summed E-state index contributed by atoms with van der Waals surface area (Å²) < 4.78 is 4.83. The van der Waals surface area contributed by atoms with Crippen LogP contribution in [0.1, 0.15) is 24.8 Å². The number of methoxy groups -OCH3 is 1. The second-order valence-electron chi connectivity index (χ2n) is 4.88. The second kappa shape index (κ2) is 6.96. The largest absolute Gasteiger partial charge is 0.469 e. The first-order chi connectivity index (χ1) is 9.22. The summed E-state index contributed by atoms with van der Waals surface area (Å²) in [6.07, 6.45) is 2.08. The van der Waals surface area contributed by atoms with E-state index in [0.29, 0.717) is 6.42 Å². The van der Waals surface area contributed by atoms with Crippen LogP contribution in [0.25, 0.3) is 0 Å². The van der Waals surface area contributed by atoms with E-state index in [-0.39, 0.29) is 17.1 Å². The van der Waals surface area contributed by atoms with Crippen molar-refractivity contribution in [2.75, 3.05) is 7.11 Å². The first-order valence-electron chi connectivity index (χ1n) is 6.64. The average molecular weight is 280 g/mol. The van der Waals surface area contributed by atoms with Crippen molar-refractivity contribution in [1.29, 1.82) is 0 Å². The molecule has 3 atom stereocenters. The van der Waals surface area contributed by atoms with Crippen LogP contribution in [0.15, 0.2) is 30.3 Å². The Bertz CT molecular complexity index is 407. The van der Waals surface area contributed by atoms with Crippen molar-refractivity contribution >= 4 is 17.7 Å². The van der Waals surface area contributed by atoms with E-state index in [4.69, 9.17) is 4.74 Å². The lowest BCUT2D eigenvalue weighted by Gasteiger charge is -2.33. The van der Waals surface area contributed by atoms with Gasteiger partial charge in [0.1, 0.15) is 0 Å². The van der Waals surface area contributed by atoms with E-state index in [2.05, 4.69) is 12.1 Å². The van der Waals surface area contributed by atoms with E-state index in [0.717, 1.165) is 18.6 Å². The van der Waals surface area contributed by atoms with Gasteiger partial charge in [-0.3, -0.25) is 4.79 Å². The summed E-state index contributed by atoms with van der Waals surface area (Å²) in [5, 5.41) is 10.2. The van der Waals surface area contributed by atoms with Crippen molar-refractivity contribution in [3.63, 3.8) is 0 Å². The fourth-order valence-corrected chi connectivity index (χ4v) is 3.98. The van der Waals surface area contributed by atoms with E-state index in [1.807, 2.05) is 18.2 Å². The zero-order chi connectivity index (χ0) is 13.7. The van der Waals surface area contributed by atoms with Crippen molar-refractivity contribution in [2.24, 2.45) is 5.92 Å². The lowest BCUT2D eigenvalue weighted by atomic mass is 9.86. The second-order valence-corrected chi connectivity index (χ2v) is 6.11. The third-order valence-corrected chi connectivity index (χ3v) is 5.04. The van der Waals surface area contributed by atoms with Gasteiger partial charge in [0.05, 0.1) is 19.1 Å². The highest BCUT2D eigenvalue weighted by atomic mass is 32.2. The first-order valence-corrected chi connectivity index (χ1v) is 7.68. The Morgan fingerprint density at radius 2 is 2.11 bits per heavy atom. The van der Waals surface area contributed by atoms with Crippen molar-refractivity contribution in [1.82, 2.24) is 0 Å². The molecule has 4 heteroatoms. The molecule has 3 nitrogen and oxygen atoms in total. The quantitative estimate of drug-likeness (QED) is 0.861. The molecular weight excluding hydrogens is 260 g/mol. The number of hydrogen-bond acceptors (Lipinski definition) is 4. The maximum atomic E-state index is 11.8. The van der Waals surface area contributed by atoms with Gasteiger partial charge in [0, 0.05) is 11.0 Å². The van der Waals surface area contributed by atoms with Gasteiger partial charge < -0.3 is 9.84 Å². The molecule has 0 spiro atoms. The predicted octanol–water partition coefficient (Wildman–Crippen LogP) is 2.62. The summed E-state index contributed by atoms with van der Waals surface area (Å²) in [5.41, 5.74) is 1.25. The molecule has 104 valence electrons. The smallest absolute Gasteiger partial charge is 0.312 e. The van der Waals surface area contributed by atoms with Crippen LogP contribution in [-0.2, 0) is 15.3 Å². The molecule has 0 amide bonds. The van der Waals surface area contributed by atoms with Gasteiger partial charge in [-0.15, -0.1) is 0 Å². The number of carbonyl (C=O) groups is 1. The molecule has 19 heavy (non-hydrogen) atoms. The van der Waals surface area contributed by atoms with Gasteiger partial charge in [0.15, 0.2) is 0 Å². The maximum Gasteiger partial charge on any atom is 0.312 e. The molecule has 1 saturated carbocycles. The molecule has 0 unspecified atom stereocenters. The van der Waals surface area contributed by atoms with E-state index in [9.17, 15) is 9.90 Å². The van der Waals surface area contributed by atoms with Crippen LogP contribution >= 0.6 is 11.8 Å². The summed E-state index contributed by atoms with van der Waals surface area (Å²) in [6, 6.07) is 10.2. The molecule has 0 aromatic heterocycles. The van der Waals surface area contributed by atoms with Crippen LogP contribution in [0.2, 0.25) is 0 Å². The topological polar surface area (TPSA) is 46.5 Å². The van der Waals surface area contributed by atoms with Crippen molar-refractivity contribution < 1.29 is 14.6 Å². The molecule has 0 radical (unpaired) electrons. The molecule has 2 rings (SSSR count). The van der Waals surface area contributed by atoms with Crippen molar-refractivity contribution in [3.8, 4) is 0 Å². The minimum Gasteiger partial charge on any atom is -0.469 e.